The number of rotatable bonds is 8. The van der Waals surface area contributed by atoms with E-state index in [4.69, 9.17) is 5.73 Å². The SMILES string of the molecule is CCN(Cc1ccc(N(C)C)cc1)C(=O)[C@H](N)CCSC. The van der Waals surface area contributed by atoms with Gasteiger partial charge in [-0.3, -0.25) is 4.79 Å². The predicted octanol–water partition coefficient (Wildman–Crippen LogP) is 2.18. The lowest BCUT2D eigenvalue weighted by molar-refractivity contribution is -0.133. The number of benzene rings is 1. The van der Waals surface area contributed by atoms with Crippen molar-refractivity contribution < 1.29 is 4.79 Å². The average molecular weight is 309 g/mol. The minimum absolute atomic E-state index is 0.0447. The highest BCUT2D eigenvalue weighted by Crippen LogP contribution is 2.14. The van der Waals surface area contributed by atoms with Gasteiger partial charge >= 0.3 is 0 Å². The lowest BCUT2D eigenvalue weighted by Crippen LogP contribution is -2.43. The molecule has 0 fully saturated rings. The van der Waals surface area contributed by atoms with Crippen molar-refractivity contribution in [1.82, 2.24) is 4.90 Å². The van der Waals surface area contributed by atoms with E-state index in [9.17, 15) is 4.79 Å². The molecule has 0 aliphatic heterocycles. The maximum atomic E-state index is 12.3. The van der Waals surface area contributed by atoms with Gasteiger partial charge in [0, 0.05) is 32.9 Å². The highest BCUT2D eigenvalue weighted by molar-refractivity contribution is 7.98. The highest BCUT2D eigenvalue weighted by Gasteiger charge is 2.19. The van der Waals surface area contributed by atoms with Crippen LogP contribution in [0.3, 0.4) is 0 Å². The van der Waals surface area contributed by atoms with E-state index in [1.807, 2.05) is 32.2 Å². The number of likely N-dealkylation sites (N-methyl/N-ethyl adjacent to an activating group) is 1. The zero-order valence-corrected chi connectivity index (χ0v) is 14.3. The van der Waals surface area contributed by atoms with Gasteiger partial charge in [0.2, 0.25) is 5.91 Å². The first kappa shape index (κ1) is 17.9. The third kappa shape index (κ3) is 5.59. The Bertz CT molecular complexity index is 434. The molecule has 118 valence electrons. The summed E-state index contributed by atoms with van der Waals surface area (Å²) in [6.07, 6.45) is 2.76. The molecular weight excluding hydrogens is 282 g/mol. The summed E-state index contributed by atoms with van der Waals surface area (Å²) in [5, 5.41) is 0. The minimum atomic E-state index is -0.390. The van der Waals surface area contributed by atoms with Crippen LogP contribution in [0.15, 0.2) is 24.3 Å². The van der Waals surface area contributed by atoms with Gasteiger partial charge < -0.3 is 15.5 Å². The Labute approximate surface area is 132 Å². The molecule has 1 aromatic rings. The summed E-state index contributed by atoms with van der Waals surface area (Å²) in [5.41, 5.74) is 8.28. The second-order valence-electron chi connectivity index (χ2n) is 5.30. The van der Waals surface area contributed by atoms with E-state index in [0.717, 1.165) is 23.4 Å². The molecule has 0 saturated carbocycles. The van der Waals surface area contributed by atoms with Gasteiger partial charge in [0.15, 0.2) is 0 Å². The summed E-state index contributed by atoms with van der Waals surface area (Å²) in [7, 11) is 4.03. The minimum Gasteiger partial charge on any atom is -0.378 e. The maximum Gasteiger partial charge on any atom is 0.239 e. The normalized spacial score (nSPS) is 12.0. The topological polar surface area (TPSA) is 49.6 Å². The van der Waals surface area contributed by atoms with Crippen LogP contribution in [0, 0.1) is 0 Å². The summed E-state index contributed by atoms with van der Waals surface area (Å²) < 4.78 is 0. The van der Waals surface area contributed by atoms with E-state index in [0.29, 0.717) is 13.1 Å². The molecule has 5 heteroatoms. The molecule has 0 radical (unpaired) electrons. The average Bonchev–Trinajstić information content (AvgIpc) is 2.49. The summed E-state index contributed by atoms with van der Waals surface area (Å²) >= 11 is 1.72. The monoisotopic (exact) mass is 309 g/mol. The van der Waals surface area contributed by atoms with Crippen LogP contribution in [0.1, 0.15) is 18.9 Å². The lowest BCUT2D eigenvalue weighted by Gasteiger charge is -2.24. The highest BCUT2D eigenvalue weighted by atomic mass is 32.2. The molecule has 0 spiro atoms. The van der Waals surface area contributed by atoms with Gasteiger partial charge in [0.05, 0.1) is 6.04 Å². The van der Waals surface area contributed by atoms with Crippen LogP contribution < -0.4 is 10.6 Å². The molecule has 1 atom stereocenters. The Kier molecular flexibility index (Phi) is 7.61. The Balaban J connectivity index is 2.66. The molecule has 1 aromatic carbocycles. The van der Waals surface area contributed by atoms with E-state index in [2.05, 4.69) is 29.2 Å². The first-order valence-corrected chi connectivity index (χ1v) is 8.68. The van der Waals surface area contributed by atoms with Crippen molar-refractivity contribution >= 4 is 23.4 Å². The zero-order chi connectivity index (χ0) is 15.8. The number of thioether (sulfide) groups is 1. The van der Waals surface area contributed by atoms with Gasteiger partial charge in [-0.15, -0.1) is 0 Å². The molecule has 0 aliphatic rings. The molecule has 0 aromatic heterocycles. The van der Waals surface area contributed by atoms with Crippen LogP contribution in [0.4, 0.5) is 5.69 Å². The van der Waals surface area contributed by atoms with Crippen molar-refractivity contribution in [3.63, 3.8) is 0 Å². The van der Waals surface area contributed by atoms with Gasteiger partial charge in [0.25, 0.3) is 0 Å². The standard InChI is InChI=1S/C16H27N3OS/c1-5-19(16(20)15(17)10-11-21-4)12-13-6-8-14(9-7-13)18(2)3/h6-9,15H,5,10-12,17H2,1-4H3/t15-/m1/s1. The van der Waals surface area contributed by atoms with E-state index in [-0.39, 0.29) is 5.91 Å². The van der Waals surface area contributed by atoms with Crippen molar-refractivity contribution in [3.05, 3.63) is 29.8 Å². The number of nitrogens with two attached hydrogens (primary N) is 1. The Morgan fingerprint density at radius 2 is 1.90 bits per heavy atom. The van der Waals surface area contributed by atoms with Crippen molar-refractivity contribution in [2.45, 2.75) is 25.9 Å². The quantitative estimate of drug-likeness (QED) is 0.800. The Morgan fingerprint density at radius 3 is 2.38 bits per heavy atom. The van der Waals surface area contributed by atoms with Crippen LogP contribution in [0.5, 0.6) is 0 Å². The first-order valence-electron chi connectivity index (χ1n) is 7.29. The lowest BCUT2D eigenvalue weighted by atomic mass is 10.1. The Morgan fingerprint density at radius 1 is 1.29 bits per heavy atom. The third-order valence-corrected chi connectivity index (χ3v) is 4.11. The fourth-order valence-electron chi connectivity index (χ4n) is 2.07. The van der Waals surface area contributed by atoms with Crippen LogP contribution in [0.25, 0.3) is 0 Å². The molecule has 0 bridgehead atoms. The second kappa shape index (κ2) is 8.95. The summed E-state index contributed by atoms with van der Waals surface area (Å²) in [6.45, 7) is 3.30. The van der Waals surface area contributed by atoms with Gasteiger partial charge in [-0.1, -0.05) is 12.1 Å². The fraction of sp³-hybridized carbons (Fsp3) is 0.562. The second-order valence-corrected chi connectivity index (χ2v) is 6.29. The van der Waals surface area contributed by atoms with Crippen molar-refractivity contribution in [1.29, 1.82) is 0 Å². The number of hydrogen-bond donors (Lipinski definition) is 1. The van der Waals surface area contributed by atoms with Crippen molar-refractivity contribution in [2.75, 3.05) is 37.5 Å². The van der Waals surface area contributed by atoms with E-state index < -0.39 is 6.04 Å². The molecule has 4 nitrogen and oxygen atoms in total. The number of anilines is 1. The van der Waals surface area contributed by atoms with Crippen LogP contribution in [-0.2, 0) is 11.3 Å². The van der Waals surface area contributed by atoms with Crippen LogP contribution in [0.2, 0.25) is 0 Å². The Hall–Kier alpha value is -1.20. The fourth-order valence-corrected chi connectivity index (χ4v) is 2.56. The number of nitrogens with zero attached hydrogens (tertiary/aromatic N) is 2. The number of carbonyl (C=O) groups is 1. The third-order valence-electron chi connectivity index (χ3n) is 3.47. The number of amides is 1. The number of carbonyl (C=O) groups excluding carboxylic acids is 1. The molecular formula is C16H27N3OS. The van der Waals surface area contributed by atoms with Gasteiger partial charge in [-0.05, 0) is 43.0 Å². The van der Waals surface area contributed by atoms with E-state index in [1.165, 1.54) is 0 Å². The van der Waals surface area contributed by atoms with E-state index in [1.54, 1.807) is 11.8 Å². The summed E-state index contributed by atoms with van der Waals surface area (Å²) in [4.78, 5) is 16.2. The summed E-state index contributed by atoms with van der Waals surface area (Å²) in [6, 6.07) is 7.89. The first-order chi connectivity index (χ1) is 9.99. The smallest absolute Gasteiger partial charge is 0.239 e. The van der Waals surface area contributed by atoms with Crippen LogP contribution in [-0.4, -0.2) is 49.5 Å². The molecule has 0 unspecified atom stereocenters. The number of hydrogen-bond acceptors (Lipinski definition) is 4. The zero-order valence-electron chi connectivity index (χ0n) is 13.5. The summed E-state index contributed by atoms with van der Waals surface area (Å²) in [5.74, 6) is 0.963. The van der Waals surface area contributed by atoms with Crippen molar-refractivity contribution in [3.8, 4) is 0 Å². The molecule has 0 saturated heterocycles. The predicted molar refractivity (Wildman–Crippen MR) is 92.8 cm³/mol. The molecule has 1 amide bonds. The van der Waals surface area contributed by atoms with Crippen LogP contribution >= 0.6 is 11.8 Å². The largest absolute Gasteiger partial charge is 0.378 e. The van der Waals surface area contributed by atoms with Crippen molar-refractivity contribution in [2.24, 2.45) is 5.73 Å². The van der Waals surface area contributed by atoms with Gasteiger partial charge in [-0.25, -0.2) is 0 Å². The maximum absolute atomic E-state index is 12.3. The molecule has 1 rings (SSSR count). The van der Waals surface area contributed by atoms with Gasteiger partial charge in [-0.2, -0.15) is 11.8 Å². The van der Waals surface area contributed by atoms with Gasteiger partial charge in [0.1, 0.15) is 0 Å². The molecule has 21 heavy (non-hydrogen) atoms. The molecule has 2 N–H and O–H groups in total. The van der Waals surface area contributed by atoms with E-state index >= 15 is 0 Å². The molecule has 0 heterocycles. The molecule has 0 aliphatic carbocycles.